The number of nitrogens with one attached hydrogen (secondary N) is 1. The molecular weight excluding hydrogens is 643 g/mol. The average Bonchev–Trinajstić information content (AvgIpc) is 3.08. The van der Waals surface area contributed by atoms with Gasteiger partial charge >= 0.3 is 0 Å². The molecule has 0 saturated heterocycles. The molecule has 1 amide bonds. The van der Waals surface area contributed by atoms with Crippen LogP contribution in [-0.2, 0) is 14.9 Å². The highest BCUT2D eigenvalue weighted by Crippen LogP contribution is 2.17. The molecule has 0 rings (SSSR count). The minimum atomic E-state index is -4.31. The molecule has 0 aromatic rings. The summed E-state index contributed by atoms with van der Waals surface area (Å²) in [5.41, 5.74) is 0. The molecule has 0 aromatic carbocycles. The van der Waals surface area contributed by atoms with E-state index in [1.807, 2.05) is 0 Å². The smallest absolute Gasteiger partial charge is 0.266 e. The molecule has 50 heavy (non-hydrogen) atoms. The highest BCUT2D eigenvalue weighted by molar-refractivity contribution is 7.85. The van der Waals surface area contributed by atoms with E-state index >= 15 is 0 Å². The summed E-state index contributed by atoms with van der Waals surface area (Å²) in [5.74, 6) is -0.898. The van der Waals surface area contributed by atoms with Crippen LogP contribution in [-0.4, -0.2) is 41.9 Å². The lowest BCUT2D eigenvalue weighted by Gasteiger charge is -2.23. The summed E-state index contributed by atoms with van der Waals surface area (Å²) >= 11 is 0. The average molecular weight is 728 g/mol. The highest BCUT2D eigenvalue weighted by atomic mass is 32.2. The second kappa shape index (κ2) is 37.8. The van der Waals surface area contributed by atoms with E-state index in [0.29, 0.717) is 12.8 Å². The number of amides is 1. The van der Waals surface area contributed by atoms with Gasteiger partial charge in [-0.2, -0.15) is 8.42 Å². The van der Waals surface area contributed by atoms with Gasteiger partial charge in [0.15, 0.2) is 0 Å². The van der Waals surface area contributed by atoms with E-state index in [2.05, 4.69) is 31.3 Å². The van der Waals surface area contributed by atoms with Gasteiger partial charge in [-0.25, -0.2) is 0 Å². The first kappa shape index (κ1) is 49.1. The van der Waals surface area contributed by atoms with Crippen molar-refractivity contribution in [1.82, 2.24) is 5.32 Å². The summed E-state index contributed by atoms with van der Waals surface area (Å²) in [5, 5.41) is 13.4. The van der Waals surface area contributed by atoms with Crippen molar-refractivity contribution in [2.24, 2.45) is 0 Å². The van der Waals surface area contributed by atoms with Gasteiger partial charge in [-0.3, -0.25) is 9.35 Å². The number of rotatable bonds is 40. The Morgan fingerprint density at radius 2 is 0.840 bits per heavy atom. The second-order valence-corrected chi connectivity index (χ2v) is 16.8. The van der Waals surface area contributed by atoms with Crippen molar-refractivity contribution in [2.45, 2.75) is 251 Å². The number of allylic oxidation sites excluding steroid dienone is 2. The quantitative estimate of drug-likeness (QED) is 0.0331. The maximum absolute atomic E-state index is 12.5. The first-order valence-corrected chi connectivity index (χ1v) is 23.5. The SMILES string of the molecule is CCCCCCCC/C=C\CCCCCCCC(=O)NC(CS(=O)(=O)O)C(O)CCCCCCCCCCCCCCCCCCCCCC. The van der Waals surface area contributed by atoms with Crippen LogP contribution in [0.3, 0.4) is 0 Å². The van der Waals surface area contributed by atoms with Crippen LogP contribution in [0.2, 0.25) is 0 Å². The molecule has 0 radical (unpaired) electrons. The molecule has 0 aliphatic heterocycles. The molecule has 298 valence electrons. The summed E-state index contributed by atoms with van der Waals surface area (Å²) in [6, 6.07) is -0.971. The van der Waals surface area contributed by atoms with Gasteiger partial charge in [-0.15, -0.1) is 0 Å². The van der Waals surface area contributed by atoms with Gasteiger partial charge in [0.2, 0.25) is 5.91 Å². The lowest BCUT2D eigenvalue weighted by atomic mass is 10.0. The molecule has 7 heteroatoms. The fraction of sp³-hybridized carbons (Fsp3) is 0.930. The Morgan fingerprint density at radius 1 is 0.520 bits per heavy atom. The summed E-state index contributed by atoms with van der Waals surface area (Å²) in [6.45, 7) is 4.53. The Kier molecular flexibility index (Phi) is 37.1. The molecule has 0 saturated carbocycles. The topological polar surface area (TPSA) is 104 Å². The monoisotopic (exact) mass is 728 g/mol. The zero-order chi connectivity index (χ0) is 36.8. The van der Waals surface area contributed by atoms with Crippen LogP contribution < -0.4 is 5.32 Å². The minimum absolute atomic E-state index is 0.251. The van der Waals surface area contributed by atoms with Gasteiger partial charge < -0.3 is 10.4 Å². The van der Waals surface area contributed by atoms with Crippen molar-refractivity contribution in [2.75, 3.05) is 5.75 Å². The van der Waals surface area contributed by atoms with Crippen molar-refractivity contribution in [3.8, 4) is 0 Å². The van der Waals surface area contributed by atoms with Crippen LogP contribution in [0.15, 0.2) is 12.2 Å². The van der Waals surface area contributed by atoms with Crippen molar-refractivity contribution < 1.29 is 22.9 Å². The van der Waals surface area contributed by atoms with Gasteiger partial charge in [0, 0.05) is 6.42 Å². The number of hydrogen-bond acceptors (Lipinski definition) is 4. The lowest BCUT2D eigenvalue weighted by molar-refractivity contribution is -0.122. The third-order valence-electron chi connectivity index (χ3n) is 10.2. The van der Waals surface area contributed by atoms with Crippen LogP contribution in [0, 0.1) is 0 Å². The predicted octanol–water partition coefficient (Wildman–Crippen LogP) is 13.0. The van der Waals surface area contributed by atoms with Crippen molar-refractivity contribution in [3.63, 3.8) is 0 Å². The van der Waals surface area contributed by atoms with E-state index < -0.39 is 28.0 Å². The predicted molar refractivity (Wildman–Crippen MR) is 216 cm³/mol. The van der Waals surface area contributed by atoms with Crippen LogP contribution in [0.5, 0.6) is 0 Å². The Hall–Kier alpha value is -0.920. The molecule has 0 spiro atoms. The van der Waals surface area contributed by atoms with Gasteiger partial charge in [-0.05, 0) is 38.5 Å². The minimum Gasteiger partial charge on any atom is -0.391 e. The van der Waals surface area contributed by atoms with Gasteiger partial charge in [0.1, 0.15) is 0 Å². The zero-order valence-corrected chi connectivity index (χ0v) is 34.1. The molecule has 3 N–H and O–H groups in total. The molecule has 2 atom stereocenters. The summed E-state index contributed by atoms with van der Waals surface area (Å²) in [7, 11) is -4.31. The first-order valence-electron chi connectivity index (χ1n) is 21.9. The Morgan fingerprint density at radius 3 is 1.20 bits per heavy atom. The van der Waals surface area contributed by atoms with E-state index in [1.54, 1.807) is 0 Å². The van der Waals surface area contributed by atoms with Crippen molar-refractivity contribution in [1.29, 1.82) is 0 Å². The Bertz CT molecular complexity index is 846. The molecule has 0 fully saturated rings. The third kappa shape index (κ3) is 38.3. The molecule has 0 bridgehead atoms. The Balaban J connectivity index is 3.81. The number of carbonyl (C=O) groups is 1. The van der Waals surface area contributed by atoms with Gasteiger partial charge in [-0.1, -0.05) is 206 Å². The number of unbranched alkanes of at least 4 members (excludes halogenated alkanes) is 30. The van der Waals surface area contributed by atoms with Gasteiger partial charge in [0.25, 0.3) is 10.1 Å². The molecule has 0 aromatic heterocycles. The second-order valence-electron chi connectivity index (χ2n) is 15.3. The number of aliphatic hydroxyl groups excluding tert-OH is 1. The van der Waals surface area contributed by atoms with Crippen molar-refractivity contribution in [3.05, 3.63) is 12.2 Å². The number of hydrogen-bond donors (Lipinski definition) is 3. The summed E-state index contributed by atoms with van der Waals surface area (Å²) in [6.07, 6.45) is 45.9. The maximum atomic E-state index is 12.5. The molecular formula is C43H85NO5S. The van der Waals surface area contributed by atoms with Crippen LogP contribution >= 0.6 is 0 Å². The summed E-state index contributed by atoms with van der Waals surface area (Å²) < 4.78 is 32.6. The van der Waals surface area contributed by atoms with Crippen molar-refractivity contribution >= 4 is 16.0 Å². The fourth-order valence-electron chi connectivity index (χ4n) is 6.92. The number of aliphatic hydroxyl groups is 1. The third-order valence-corrected chi connectivity index (χ3v) is 11.0. The zero-order valence-electron chi connectivity index (χ0n) is 33.3. The van der Waals surface area contributed by atoms with Crippen LogP contribution in [0.4, 0.5) is 0 Å². The van der Waals surface area contributed by atoms with E-state index in [0.717, 1.165) is 51.4 Å². The van der Waals surface area contributed by atoms with E-state index in [4.69, 9.17) is 0 Å². The highest BCUT2D eigenvalue weighted by Gasteiger charge is 2.26. The molecule has 0 heterocycles. The first-order chi connectivity index (χ1) is 24.3. The fourth-order valence-corrected chi connectivity index (χ4v) is 7.68. The lowest BCUT2D eigenvalue weighted by Crippen LogP contribution is -2.47. The molecule has 2 unspecified atom stereocenters. The molecule has 6 nitrogen and oxygen atoms in total. The van der Waals surface area contributed by atoms with E-state index in [-0.39, 0.29) is 5.91 Å². The molecule has 0 aliphatic carbocycles. The maximum Gasteiger partial charge on any atom is 0.266 e. The number of carbonyl (C=O) groups excluding carboxylic acids is 1. The standard InChI is InChI=1S/C43H85NO5S/c1-3-5-7-9-11-13-15-17-19-20-21-22-23-25-26-28-30-32-34-36-38-42(45)41(40-50(47,48)49)44-43(46)39-37-35-33-31-29-27-24-18-16-14-12-10-8-6-4-2/h18,24,41-42,45H,3-17,19-23,25-40H2,1-2H3,(H,44,46)(H,47,48,49)/b24-18-. The normalized spacial score (nSPS) is 13.3. The molecule has 0 aliphatic rings. The van der Waals surface area contributed by atoms with E-state index in [1.165, 1.54) is 161 Å². The van der Waals surface area contributed by atoms with E-state index in [9.17, 15) is 22.9 Å². The van der Waals surface area contributed by atoms with Crippen LogP contribution in [0.1, 0.15) is 239 Å². The van der Waals surface area contributed by atoms with Crippen LogP contribution in [0.25, 0.3) is 0 Å². The summed E-state index contributed by atoms with van der Waals surface area (Å²) in [4.78, 5) is 12.5. The van der Waals surface area contributed by atoms with Gasteiger partial charge in [0.05, 0.1) is 17.9 Å². The largest absolute Gasteiger partial charge is 0.391 e. The Labute approximate surface area is 312 Å².